The number of esters is 1. The van der Waals surface area contributed by atoms with Crippen LogP contribution in [-0.2, 0) is 16.0 Å². The lowest BCUT2D eigenvalue weighted by molar-refractivity contribution is -0.144. The SMILES string of the molecule is COC(=O)C(C)Cc1ccc(Nc2nn3c(=O)ccnc3s2)cc1. The Hall–Kier alpha value is -2.74. The molecule has 1 unspecified atom stereocenters. The third-order valence-electron chi connectivity index (χ3n) is 3.52. The van der Waals surface area contributed by atoms with E-state index in [1.54, 1.807) is 0 Å². The molecule has 0 bridgehead atoms. The lowest BCUT2D eigenvalue weighted by atomic mass is 10.0. The van der Waals surface area contributed by atoms with Gasteiger partial charge in [-0.25, -0.2) is 4.98 Å². The number of ether oxygens (including phenoxy) is 1. The van der Waals surface area contributed by atoms with E-state index in [1.165, 1.54) is 35.2 Å². The molecule has 3 aromatic rings. The Morgan fingerprint density at radius 1 is 1.33 bits per heavy atom. The Bertz CT molecular complexity index is 917. The monoisotopic (exact) mass is 344 g/mol. The van der Waals surface area contributed by atoms with Crippen LogP contribution in [0.2, 0.25) is 0 Å². The molecule has 0 saturated heterocycles. The molecule has 1 atom stereocenters. The number of benzene rings is 1. The van der Waals surface area contributed by atoms with E-state index in [0.29, 0.717) is 16.5 Å². The molecule has 7 nitrogen and oxygen atoms in total. The summed E-state index contributed by atoms with van der Waals surface area (Å²) in [5.74, 6) is -0.402. The van der Waals surface area contributed by atoms with Crippen LogP contribution in [-0.4, -0.2) is 27.7 Å². The molecular formula is C16H16N4O3S. The fraction of sp³-hybridized carbons (Fsp3) is 0.250. The number of anilines is 2. The van der Waals surface area contributed by atoms with Gasteiger partial charge in [0.1, 0.15) is 0 Å². The molecule has 0 radical (unpaired) electrons. The predicted molar refractivity (Wildman–Crippen MR) is 91.7 cm³/mol. The fourth-order valence-electron chi connectivity index (χ4n) is 2.28. The van der Waals surface area contributed by atoms with Crippen molar-refractivity contribution in [3.8, 4) is 0 Å². The standard InChI is InChI=1S/C16H16N4O3S/c1-10(14(22)23-2)9-11-3-5-12(6-4-11)18-15-19-20-13(21)7-8-17-16(20)24-15/h3-8,10H,9H2,1-2H3,(H,18,19). The lowest BCUT2D eigenvalue weighted by Crippen LogP contribution is -2.15. The third-order valence-corrected chi connectivity index (χ3v) is 4.36. The molecule has 2 heterocycles. The van der Waals surface area contributed by atoms with Crippen LogP contribution < -0.4 is 10.9 Å². The van der Waals surface area contributed by atoms with Crippen LogP contribution in [0, 0.1) is 5.92 Å². The smallest absolute Gasteiger partial charge is 0.308 e. The van der Waals surface area contributed by atoms with Gasteiger partial charge >= 0.3 is 5.97 Å². The first-order valence-corrected chi connectivity index (χ1v) is 8.17. The van der Waals surface area contributed by atoms with Crippen molar-refractivity contribution < 1.29 is 9.53 Å². The predicted octanol–water partition coefficient (Wildman–Crippen LogP) is 2.25. The van der Waals surface area contributed by atoms with Crippen LogP contribution >= 0.6 is 11.3 Å². The molecule has 0 aliphatic rings. The summed E-state index contributed by atoms with van der Waals surface area (Å²) >= 11 is 1.30. The highest BCUT2D eigenvalue weighted by atomic mass is 32.1. The molecule has 2 aromatic heterocycles. The molecular weight excluding hydrogens is 328 g/mol. The van der Waals surface area contributed by atoms with Crippen molar-refractivity contribution in [2.45, 2.75) is 13.3 Å². The van der Waals surface area contributed by atoms with Gasteiger partial charge in [0.05, 0.1) is 13.0 Å². The number of nitrogens with zero attached hydrogens (tertiary/aromatic N) is 3. The summed E-state index contributed by atoms with van der Waals surface area (Å²) in [4.78, 5) is 27.8. The normalized spacial score (nSPS) is 12.1. The minimum Gasteiger partial charge on any atom is -0.469 e. The number of methoxy groups -OCH3 is 1. The van der Waals surface area contributed by atoms with Crippen molar-refractivity contribution in [1.29, 1.82) is 0 Å². The van der Waals surface area contributed by atoms with Gasteiger partial charge in [0, 0.05) is 18.0 Å². The second kappa shape index (κ2) is 6.79. The molecule has 0 spiro atoms. The van der Waals surface area contributed by atoms with Gasteiger partial charge in [-0.15, -0.1) is 5.10 Å². The highest BCUT2D eigenvalue weighted by molar-refractivity contribution is 7.20. The molecule has 0 aliphatic heterocycles. The number of aromatic nitrogens is 3. The van der Waals surface area contributed by atoms with Crippen molar-refractivity contribution in [3.63, 3.8) is 0 Å². The topological polar surface area (TPSA) is 85.6 Å². The van der Waals surface area contributed by atoms with Crippen molar-refractivity contribution >= 4 is 33.1 Å². The molecule has 0 saturated carbocycles. The highest BCUT2D eigenvalue weighted by Gasteiger charge is 2.13. The second-order valence-electron chi connectivity index (χ2n) is 5.33. The average Bonchev–Trinajstić information content (AvgIpc) is 3.00. The van der Waals surface area contributed by atoms with E-state index in [2.05, 4.69) is 15.4 Å². The summed E-state index contributed by atoms with van der Waals surface area (Å²) in [7, 11) is 1.39. The first-order valence-electron chi connectivity index (χ1n) is 7.35. The Morgan fingerprint density at radius 3 is 2.75 bits per heavy atom. The third kappa shape index (κ3) is 3.43. The van der Waals surface area contributed by atoms with Crippen molar-refractivity contribution in [3.05, 3.63) is 52.4 Å². The van der Waals surface area contributed by atoms with Crippen molar-refractivity contribution in [2.24, 2.45) is 5.92 Å². The molecule has 24 heavy (non-hydrogen) atoms. The minimum absolute atomic E-state index is 0.184. The van der Waals surface area contributed by atoms with Gasteiger partial charge in [-0.2, -0.15) is 4.52 Å². The summed E-state index contributed by atoms with van der Waals surface area (Å²) in [6.07, 6.45) is 2.09. The molecule has 0 fully saturated rings. The summed E-state index contributed by atoms with van der Waals surface area (Å²) in [6.45, 7) is 1.84. The molecule has 8 heteroatoms. The number of fused-ring (bicyclic) bond motifs is 1. The first-order chi connectivity index (χ1) is 11.6. The van der Waals surface area contributed by atoms with Crippen molar-refractivity contribution in [1.82, 2.24) is 14.6 Å². The van der Waals surface area contributed by atoms with Crippen LogP contribution in [0.15, 0.2) is 41.3 Å². The zero-order valence-corrected chi connectivity index (χ0v) is 14.0. The van der Waals surface area contributed by atoms with Gasteiger partial charge in [0.15, 0.2) is 0 Å². The number of carbonyl (C=O) groups excluding carboxylic acids is 1. The Balaban J connectivity index is 1.72. The van der Waals surface area contributed by atoms with E-state index in [1.807, 2.05) is 31.2 Å². The second-order valence-corrected chi connectivity index (χ2v) is 6.29. The molecule has 124 valence electrons. The Kier molecular flexibility index (Phi) is 4.57. The Labute approximate surface area is 141 Å². The summed E-state index contributed by atoms with van der Waals surface area (Å²) in [5, 5.41) is 7.94. The maximum atomic E-state index is 11.7. The van der Waals surface area contributed by atoms with E-state index in [-0.39, 0.29) is 17.4 Å². The summed E-state index contributed by atoms with van der Waals surface area (Å²) in [5.41, 5.74) is 1.67. The maximum absolute atomic E-state index is 11.7. The number of hydrogen-bond donors (Lipinski definition) is 1. The summed E-state index contributed by atoms with van der Waals surface area (Å²) in [6, 6.07) is 9.07. The number of rotatable bonds is 5. The molecule has 0 amide bonds. The van der Waals surface area contributed by atoms with Crippen LogP contribution in [0.4, 0.5) is 10.8 Å². The zero-order chi connectivity index (χ0) is 17.1. The van der Waals surface area contributed by atoms with Gasteiger partial charge in [-0.3, -0.25) is 9.59 Å². The van der Waals surface area contributed by atoms with Gasteiger partial charge in [-0.05, 0) is 24.1 Å². The van der Waals surface area contributed by atoms with Crippen LogP contribution in [0.5, 0.6) is 0 Å². The Morgan fingerprint density at radius 2 is 2.08 bits per heavy atom. The summed E-state index contributed by atoms with van der Waals surface area (Å²) < 4.78 is 6.00. The number of nitrogens with one attached hydrogen (secondary N) is 1. The van der Waals surface area contributed by atoms with E-state index in [0.717, 1.165) is 11.3 Å². The van der Waals surface area contributed by atoms with Gasteiger partial charge in [0.2, 0.25) is 10.1 Å². The molecule has 3 rings (SSSR count). The van der Waals surface area contributed by atoms with Gasteiger partial charge in [0.25, 0.3) is 5.56 Å². The number of hydrogen-bond acceptors (Lipinski definition) is 7. The lowest BCUT2D eigenvalue weighted by Gasteiger charge is -2.09. The number of carbonyl (C=O) groups is 1. The largest absolute Gasteiger partial charge is 0.469 e. The quantitative estimate of drug-likeness (QED) is 0.715. The minimum atomic E-state index is -0.218. The maximum Gasteiger partial charge on any atom is 0.308 e. The first kappa shape index (κ1) is 16.1. The van der Waals surface area contributed by atoms with Crippen LogP contribution in [0.25, 0.3) is 4.96 Å². The van der Waals surface area contributed by atoms with Gasteiger partial charge < -0.3 is 10.1 Å². The molecule has 0 aliphatic carbocycles. The van der Waals surface area contributed by atoms with E-state index in [9.17, 15) is 9.59 Å². The highest BCUT2D eigenvalue weighted by Crippen LogP contribution is 2.22. The van der Waals surface area contributed by atoms with Gasteiger partial charge in [-0.1, -0.05) is 30.4 Å². The van der Waals surface area contributed by atoms with Crippen LogP contribution in [0.1, 0.15) is 12.5 Å². The van der Waals surface area contributed by atoms with E-state index >= 15 is 0 Å². The molecule has 1 N–H and O–H groups in total. The van der Waals surface area contributed by atoms with E-state index in [4.69, 9.17) is 4.74 Å². The van der Waals surface area contributed by atoms with Crippen LogP contribution in [0.3, 0.4) is 0 Å². The zero-order valence-electron chi connectivity index (χ0n) is 13.2. The molecule has 1 aromatic carbocycles. The van der Waals surface area contributed by atoms with Crippen molar-refractivity contribution in [2.75, 3.05) is 12.4 Å². The average molecular weight is 344 g/mol. The fourth-order valence-corrected chi connectivity index (χ4v) is 3.08. The van der Waals surface area contributed by atoms with E-state index < -0.39 is 0 Å².